The van der Waals surface area contributed by atoms with Gasteiger partial charge in [0.15, 0.2) is 16.6 Å². The average molecular weight is 493 g/mol. The van der Waals surface area contributed by atoms with Crippen molar-refractivity contribution in [2.45, 2.75) is 26.3 Å². The van der Waals surface area contributed by atoms with Gasteiger partial charge in [0.05, 0.1) is 33.1 Å². The first-order valence-corrected chi connectivity index (χ1v) is 12.0. The Balaban J connectivity index is 1.67. The third-order valence-electron chi connectivity index (χ3n) is 6.22. The van der Waals surface area contributed by atoms with Crippen LogP contribution in [0.4, 0.5) is 5.69 Å². The summed E-state index contributed by atoms with van der Waals surface area (Å²) in [5, 5.41) is 4.00. The van der Waals surface area contributed by atoms with Crippen LogP contribution in [-0.2, 0) is 6.42 Å². The Morgan fingerprint density at radius 1 is 0.914 bits per heavy atom. The highest BCUT2D eigenvalue weighted by Crippen LogP contribution is 2.39. The number of rotatable bonds is 7. The van der Waals surface area contributed by atoms with Crippen molar-refractivity contribution >= 4 is 23.0 Å². The highest BCUT2D eigenvalue weighted by Gasteiger charge is 2.31. The number of aryl methyl sites for hydroxylation is 2. The lowest BCUT2D eigenvalue weighted by Gasteiger charge is -2.39. The molecule has 1 heterocycles. The number of benzene rings is 3. The van der Waals surface area contributed by atoms with Crippen molar-refractivity contribution in [3.8, 4) is 23.0 Å². The highest BCUT2D eigenvalue weighted by molar-refractivity contribution is 7.80. The average Bonchev–Trinajstić information content (AvgIpc) is 2.85. The van der Waals surface area contributed by atoms with Crippen LogP contribution in [0.5, 0.6) is 23.0 Å². The quantitative estimate of drug-likeness (QED) is 0.424. The minimum atomic E-state index is -0.117. The number of thiocarbonyl (C=S) groups is 1. The summed E-state index contributed by atoms with van der Waals surface area (Å²) < 4.78 is 23.0. The molecule has 0 saturated heterocycles. The molecule has 0 saturated carbocycles. The molecule has 0 spiro atoms. The number of anilines is 1. The van der Waals surface area contributed by atoms with Crippen molar-refractivity contribution in [2.24, 2.45) is 0 Å². The maximum atomic E-state index is 6.34. The van der Waals surface area contributed by atoms with E-state index >= 15 is 0 Å². The number of nitrogens with one attached hydrogen (secondary N) is 1. The second-order valence-corrected chi connectivity index (χ2v) is 9.02. The van der Waals surface area contributed by atoms with Gasteiger partial charge in [-0.1, -0.05) is 18.2 Å². The summed E-state index contributed by atoms with van der Waals surface area (Å²) in [6, 6.07) is 18.0. The molecule has 4 rings (SSSR count). The second kappa shape index (κ2) is 10.9. The summed E-state index contributed by atoms with van der Waals surface area (Å²) in [7, 11) is 4.97. The van der Waals surface area contributed by atoms with Gasteiger partial charge in [-0.25, -0.2) is 0 Å². The SMILES string of the molecule is COc1ccccc1NC(=S)N1CCc2cc(OC)c(OC)cc2C1COc1cc(C)cc(C)c1. The fourth-order valence-corrected chi connectivity index (χ4v) is 4.91. The Hall–Kier alpha value is -3.45. The van der Waals surface area contributed by atoms with E-state index in [2.05, 4.69) is 48.3 Å². The maximum Gasteiger partial charge on any atom is 0.174 e. The molecule has 0 amide bonds. The fourth-order valence-electron chi connectivity index (χ4n) is 4.58. The molecule has 1 unspecified atom stereocenters. The lowest BCUT2D eigenvalue weighted by molar-refractivity contribution is 0.190. The molecule has 1 aliphatic heterocycles. The summed E-state index contributed by atoms with van der Waals surface area (Å²) in [6.45, 7) is 5.32. The van der Waals surface area contributed by atoms with Crippen LogP contribution >= 0.6 is 12.2 Å². The number of hydrogen-bond acceptors (Lipinski definition) is 5. The van der Waals surface area contributed by atoms with E-state index in [4.69, 9.17) is 31.2 Å². The van der Waals surface area contributed by atoms with E-state index in [1.54, 1.807) is 21.3 Å². The van der Waals surface area contributed by atoms with Crippen LogP contribution in [0.15, 0.2) is 54.6 Å². The summed E-state index contributed by atoms with van der Waals surface area (Å²) in [5.41, 5.74) is 5.48. The van der Waals surface area contributed by atoms with E-state index in [1.165, 1.54) is 16.7 Å². The van der Waals surface area contributed by atoms with Crippen LogP contribution in [-0.4, -0.2) is 44.5 Å². The lowest BCUT2D eigenvalue weighted by Crippen LogP contribution is -2.44. The fraction of sp³-hybridized carbons (Fsp3) is 0.321. The van der Waals surface area contributed by atoms with E-state index in [1.807, 2.05) is 30.3 Å². The van der Waals surface area contributed by atoms with E-state index in [0.29, 0.717) is 17.5 Å². The first-order chi connectivity index (χ1) is 16.9. The van der Waals surface area contributed by atoms with Crippen molar-refractivity contribution < 1.29 is 18.9 Å². The summed E-state index contributed by atoms with van der Waals surface area (Å²) in [4.78, 5) is 2.18. The molecule has 1 atom stereocenters. The third-order valence-corrected chi connectivity index (χ3v) is 6.55. The number of fused-ring (bicyclic) bond motifs is 1. The molecule has 184 valence electrons. The Bertz CT molecular complexity index is 1190. The van der Waals surface area contributed by atoms with E-state index < -0.39 is 0 Å². The van der Waals surface area contributed by atoms with Gasteiger partial charge in [0.2, 0.25) is 0 Å². The maximum absolute atomic E-state index is 6.34. The second-order valence-electron chi connectivity index (χ2n) is 8.63. The smallest absolute Gasteiger partial charge is 0.174 e. The largest absolute Gasteiger partial charge is 0.495 e. The predicted molar refractivity (Wildman–Crippen MR) is 143 cm³/mol. The van der Waals surface area contributed by atoms with Crippen molar-refractivity contribution in [2.75, 3.05) is 39.8 Å². The zero-order chi connectivity index (χ0) is 24.9. The molecule has 3 aromatic carbocycles. The molecule has 0 fully saturated rings. The molecule has 0 radical (unpaired) electrons. The van der Waals surface area contributed by atoms with Crippen molar-refractivity contribution in [1.82, 2.24) is 4.90 Å². The molecule has 1 N–H and O–H groups in total. The Kier molecular flexibility index (Phi) is 7.66. The van der Waals surface area contributed by atoms with Crippen molar-refractivity contribution in [3.05, 3.63) is 76.9 Å². The number of para-hydroxylation sites is 2. The molecule has 7 heteroatoms. The summed E-state index contributed by atoms with van der Waals surface area (Å²) in [6.07, 6.45) is 0.823. The lowest BCUT2D eigenvalue weighted by atomic mass is 9.92. The van der Waals surface area contributed by atoms with E-state index in [0.717, 1.165) is 41.5 Å². The van der Waals surface area contributed by atoms with Crippen LogP contribution in [0, 0.1) is 13.8 Å². The molecule has 0 aromatic heterocycles. The Morgan fingerprint density at radius 2 is 1.57 bits per heavy atom. The monoisotopic (exact) mass is 492 g/mol. The van der Waals surface area contributed by atoms with Gasteiger partial charge in [-0.3, -0.25) is 0 Å². The van der Waals surface area contributed by atoms with Crippen LogP contribution in [0.3, 0.4) is 0 Å². The molecule has 1 aliphatic rings. The van der Waals surface area contributed by atoms with Crippen LogP contribution in [0.25, 0.3) is 0 Å². The molecular formula is C28H32N2O4S. The van der Waals surface area contributed by atoms with Gasteiger partial charge in [0, 0.05) is 6.54 Å². The van der Waals surface area contributed by atoms with Gasteiger partial charge >= 0.3 is 0 Å². The van der Waals surface area contributed by atoms with E-state index in [-0.39, 0.29) is 6.04 Å². The van der Waals surface area contributed by atoms with Gasteiger partial charge < -0.3 is 29.2 Å². The van der Waals surface area contributed by atoms with Gasteiger partial charge in [-0.2, -0.15) is 0 Å². The topological polar surface area (TPSA) is 52.2 Å². The molecule has 0 bridgehead atoms. The van der Waals surface area contributed by atoms with Crippen molar-refractivity contribution in [1.29, 1.82) is 0 Å². The number of methoxy groups -OCH3 is 3. The zero-order valence-electron chi connectivity index (χ0n) is 20.9. The first-order valence-electron chi connectivity index (χ1n) is 11.6. The first kappa shape index (κ1) is 24.7. The van der Waals surface area contributed by atoms with Gasteiger partial charge in [0.25, 0.3) is 0 Å². The normalized spacial score (nSPS) is 14.7. The molecule has 6 nitrogen and oxygen atoms in total. The van der Waals surface area contributed by atoms with Crippen LogP contribution in [0.1, 0.15) is 28.3 Å². The third kappa shape index (κ3) is 5.46. The van der Waals surface area contributed by atoms with Gasteiger partial charge in [0.1, 0.15) is 18.1 Å². The minimum Gasteiger partial charge on any atom is -0.495 e. The van der Waals surface area contributed by atoms with Gasteiger partial charge in [-0.15, -0.1) is 0 Å². The standard InChI is InChI=1S/C28H32N2O4S/c1-18-12-19(2)14-21(13-18)34-17-24-22-16-27(33-5)26(32-4)15-20(22)10-11-30(24)28(35)29-23-8-6-7-9-25(23)31-3/h6-9,12-16,24H,10-11,17H2,1-5H3,(H,29,35). The number of nitrogens with zero attached hydrogens (tertiary/aromatic N) is 1. The van der Waals surface area contributed by atoms with E-state index in [9.17, 15) is 0 Å². The predicted octanol–water partition coefficient (Wildman–Crippen LogP) is 5.70. The van der Waals surface area contributed by atoms with Crippen LogP contribution < -0.4 is 24.3 Å². The minimum absolute atomic E-state index is 0.117. The Morgan fingerprint density at radius 3 is 2.26 bits per heavy atom. The molecule has 0 aliphatic carbocycles. The zero-order valence-corrected chi connectivity index (χ0v) is 21.7. The Labute approximate surface area is 212 Å². The van der Waals surface area contributed by atoms with Crippen molar-refractivity contribution in [3.63, 3.8) is 0 Å². The van der Waals surface area contributed by atoms with Crippen LogP contribution in [0.2, 0.25) is 0 Å². The number of ether oxygens (including phenoxy) is 4. The summed E-state index contributed by atoms with van der Waals surface area (Å²) >= 11 is 5.90. The molecular weight excluding hydrogens is 460 g/mol. The summed E-state index contributed by atoms with van der Waals surface area (Å²) in [5.74, 6) is 3.00. The highest BCUT2D eigenvalue weighted by atomic mass is 32.1. The van der Waals surface area contributed by atoms with Gasteiger partial charge in [-0.05, 0) is 91.1 Å². The molecule has 35 heavy (non-hydrogen) atoms. The molecule has 3 aromatic rings. The number of hydrogen-bond donors (Lipinski definition) is 1.